The highest BCUT2D eigenvalue weighted by molar-refractivity contribution is 7.17. The summed E-state index contributed by atoms with van der Waals surface area (Å²) in [6, 6.07) is 14.0. The van der Waals surface area contributed by atoms with Crippen LogP contribution < -0.4 is 10.5 Å². The van der Waals surface area contributed by atoms with Gasteiger partial charge in [-0.1, -0.05) is 30.2 Å². The fourth-order valence-corrected chi connectivity index (χ4v) is 5.40. The maximum atomic E-state index is 6.28. The molecule has 2 aromatic carbocycles. The fourth-order valence-electron chi connectivity index (χ4n) is 4.30. The number of fused-ring (bicyclic) bond motifs is 2. The molecule has 0 unspecified atom stereocenters. The lowest BCUT2D eigenvalue weighted by molar-refractivity contribution is 0.308. The van der Waals surface area contributed by atoms with Crippen LogP contribution in [0.2, 0.25) is 5.02 Å². The number of hydrogen-bond acceptors (Lipinski definition) is 5. The molecule has 3 heterocycles. The summed E-state index contributed by atoms with van der Waals surface area (Å²) in [7, 11) is 0. The van der Waals surface area contributed by atoms with Gasteiger partial charge in [-0.15, -0.1) is 11.3 Å². The van der Waals surface area contributed by atoms with E-state index in [2.05, 4.69) is 20.8 Å². The number of nitrogen functional groups attached to an aromatic ring is 1. The molecule has 1 fully saturated rings. The molecule has 0 aliphatic heterocycles. The van der Waals surface area contributed by atoms with Crippen LogP contribution in [0.5, 0.6) is 5.75 Å². The Bertz CT molecular complexity index is 1450. The van der Waals surface area contributed by atoms with Gasteiger partial charge < -0.3 is 10.5 Å². The normalized spacial score (nSPS) is 14.2. The summed E-state index contributed by atoms with van der Waals surface area (Å²) in [5.74, 6) is 2.84. The quantitative estimate of drug-likeness (QED) is 0.317. The topological polar surface area (TPSA) is 65.4 Å². The number of benzene rings is 2. The Labute approximate surface area is 194 Å². The van der Waals surface area contributed by atoms with E-state index in [0.717, 1.165) is 44.3 Å². The zero-order valence-electron chi connectivity index (χ0n) is 17.3. The van der Waals surface area contributed by atoms with Gasteiger partial charge in [-0.25, -0.2) is 9.97 Å². The predicted octanol–water partition coefficient (Wildman–Crippen LogP) is 6.69. The van der Waals surface area contributed by atoms with Crippen LogP contribution in [0.25, 0.3) is 26.9 Å². The minimum absolute atomic E-state index is 0.477. The van der Waals surface area contributed by atoms with E-state index in [4.69, 9.17) is 27.1 Å². The molecule has 0 amide bonds. The Morgan fingerprint density at radius 2 is 2.09 bits per heavy atom. The van der Waals surface area contributed by atoms with Crippen molar-refractivity contribution in [1.29, 1.82) is 0 Å². The van der Waals surface area contributed by atoms with Crippen LogP contribution in [-0.2, 0) is 6.61 Å². The van der Waals surface area contributed by atoms with Gasteiger partial charge in [0.1, 0.15) is 35.2 Å². The van der Waals surface area contributed by atoms with Crippen molar-refractivity contribution in [1.82, 2.24) is 14.4 Å². The van der Waals surface area contributed by atoms with Crippen molar-refractivity contribution >= 4 is 44.4 Å². The summed E-state index contributed by atoms with van der Waals surface area (Å²) in [6.07, 6.45) is 7.29. The Hall–Kier alpha value is -3.09. The highest BCUT2D eigenvalue weighted by Gasteiger charge is 2.26. The third-order valence-electron chi connectivity index (χ3n) is 6.20. The van der Waals surface area contributed by atoms with Crippen LogP contribution >= 0.6 is 22.9 Å². The standard InChI is InChI=1S/C25H21ClN4OS/c26-18-7-8-21-20(12-18)17(14-32-21)13-31-19-6-2-5-16(11-19)22-23-24(27)28-9-10-30(23)25(29-22)15-3-1-4-15/h2,5-12,14-15H,1,3-4,13H2,(H2,27,28). The van der Waals surface area contributed by atoms with Crippen LogP contribution in [0.15, 0.2) is 60.2 Å². The average Bonchev–Trinajstić information content (AvgIpc) is 3.34. The van der Waals surface area contributed by atoms with Gasteiger partial charge >= 0.3 is 0 Å². The monoisotopic (exact) mass is 460 g/mol. The lowest BCUT2D eigenvalue weighted by Gasteiger charge is -2.23. The molecule has 0 spiro atoms. The van der Waals surface area contributed by atoms with Crippen molar-refractivity contribution in [2.75, 3.05) is 5.73 Å². The van der Waals surface area contributed by atoms with Gasteiger partial charge in [0.2, 0.25) is 0 Å². The van der Waals surface area contributed by atoms with E-state index in [1.807, 2.05) is 42.6 Å². The van der Waals surface area contributed by atoms with E-state index in [9.17, 15) is 0 Å². The predicted molar refractivity (Wildman–Crippen MR) is 131 cm³/mol. The molecule has 0 saturated heterocycles. The van der Waals surface area contributed by atoms with Crippen molar-refractivity contribution in [2.24, 2.45) is 0 Å². The molecule has 1 aliphatic rings. The minimum Gasteiger partial charge on any atom is -0.489 e. The average molecular weight is 461 g/mol. The van der Waals surface area contributed by atoms with Crippen LogP contribution in [0.3, 0.4) is 0 Å². The Morgan fingerprint density at radius 3 is 2.94 bits per heavy atom. The van der Waals surface area contributed by atoms with E-state index >= 15 is 0 Å². The summed E-state index contributed by atoms with van der Waals surface area (Å²) in [4.78, 5) is 9.33. The Morgan fingerprint density at radius 1 is 1.19 bits per heavy atom. The molecular weight excluding hydrogens is 440 g/mol. The Kier molecular flexibility index (Phi) is 4.77. The van der Waals surface area contributed by atoms with Crippen molar-refractivity contribution < 1.29 is 4.74 Å². The van der Waals surface area contributed by atoms with Crippen LogP contribution in [0, 0.1) is 0 Å². The first-order chi connectivity index (χ1) is 15.7. The number of anilines is 1. The van der Waals surface area contributed by atoms with Gasteiger partial charge in [-0.2, -0.15) is 0 Å². The van der Waals surface area contributed by atoms with Crippen LogP contribution in [0.4, 0.5) is 5.82 Å². The van der Waals surface area contributed by atoms with Gasteiger partial charge in [0.25, 0.3) is 0 Å². The molecule has 7 heteroatoms. The molecule has 1 saturated carbocycles. The maximum absolute atomic E-state index is 6.28. The summed E-state index contributed by atoms with van der Waals surface area (Å²) >= 11 is 7.89. The number of thiophene rings is 1. The number of hydrogen-bond donors (Lipinski definition) is 1. The van der Waals surface area contributed by atoms with E-state index in [-0.39, 0.29) is 0 Å². The lowest BCUT2D eigenvalue weighted by atomic mass is 9.85. The number of ether oxygens (including phenoxy) is 1. The second-order valence-corrected chi connectivity index (χ2v) is 9.54. The second-order valence-electron chi connectivity index (χ2n) is 8.20. The largest absolute Gasteiger partial charge is 0.489 e. The summed E-state index contributed by atoms with van der Waals surface area (Å²) in [5.41, 5.74) is 10.1. The van der Waals surface area contributed by atoms with Crippen molar-refractivity contribution in [2.45, 2.75) is 31.8 Å². The number of nitrogens with zero attached hydrogens (tertiary/aromatic N) is 3. The SMILES string of the molecule is Nc1nccn2c(C3CCC3)nc(-c3cccc(OCc4csc5ccc(Cl)cc45)c3)c12. The first-order valence-electron chi connectivity index (χ1n) is 10.7. The minimum atomic E-state index is 0.477. The van der Waals surface area contributed by atoms with Crippen molar-refractivity contribution in [3.63, 3.8) is 0 Å². The zero-order valence-corrected chi connectivity index (χ0v) is 18.9. The smallest absolute Gasteiger partial charge is 0.150 e. The van der Waals surface area contributed by atoms with E-state index in [1.165, 1.54) is 24.0 Å². The number of imidazole rings is 1. The van der Waals surface area contributed by atoms with Crippen LogP contribution in [-0.4, -0.2) is 14.4 Å². The molecule has 0 radical (unpaired) electrons. The molecule has 160 valence electrons. The second kappa shape index (κ2) is 7.80. The van der Waals surface area contributed by atoms with Gasteiger partial charge in [0, 0.05) is 44.5 Å². The first kappa shape index (κ1) is 19.6. The lowest BCUT2D eigenvalue weighted by Crippen LogP contribution is -2.12. The van der Waals surface area contributed by atoms with Gasteiger partial charge in [0.05, 0.1) is 0 Å². The number of aromatic nitrogens is 3. The number of rotatable bonds is 5. The summed E-state index contributed by atoms with van der Waals surface area (Å²) in [5, 5.41) is 4.01. The molecule has 3 aromatic heterocycles. The van der Waals surface area contributed by atoms with Crippen molar-refractivity contribution in [3.05, 3.63) is 76.6 Å². The number of halogens is 1. The molecule has 5 aromatic rings. The van der Waals surface area contributed by atoms with Gasteiger partial charge in [0.15, 0.2) is 0 Å². The Balaban J connectivity index is 1.34. The summed E-state index contributed by atoms with van der Waals surface area (Å²) < 4.78 is 9.49. The molecule has 2 N–H and O–H groups in total. The third-order valence-corrected chi connectivity index (χ3v) is 7.45. The fraction of sp³-hybridized carbons (Fsp3) is 0.200. The molecule has 1 aliphatic carbocycles. The molecule has 0 bridgehead atoms. The van der Waals surface area contributed by atoms with E-state index in [1.54, 1.807) is 17.5 Å². The molecule has 0 atom stereocenters. The maximum Gasteiger partial charge on any atom is 0.150 e. The zero-order chi connectivity index (χ0) is 21.7. The van der Waals surface area contributed by atoms with E-state index < -0.39 is 0 Å². The molecular formula is C25H21ClN4OS. The van der Waals surface area contributed by atoms with E-state index in [0.29, 0.717) is 18.3 Å². The molecule has 32 heavy (non-hydrogen) atoms. The third kappa shape index (κ3) is 3.31. The highest BCUT2D eigenvalue weighted by Crippen LogP contribution is 2.39. The first-order valence-corrected chi connectivity index (χ1v) is 11.9. The highest BCUT2D eigenvalue weighted by atomic mass is 35.5. The van der Waals surface area contributed by atoms with Gasteiger partial charge in [-0.05, 0) is 48.6 Å². The molecule has 6 rings (SSSR count). The number of nitrogens with two attached hydrogens (primary N) is 1. The molecule has 5 nitrogen and oxygen atoms in total. The van der Waals surface area contributed by atoms with Gasteiger partial charge in [-0.3, -0.25) is 4.40 Å². The summed E-state index contributed by atoms with van der Waals surface area (Å²) in [6.45, 7) is 0.477. The van der Waals surface area contributed by atoms with Crippen LogP contribution in [0.1, 0.15) is 36.6 Å². The van der Waals surface area contributed by atoms with Crippen molar-refractivity contribution in [3.8, 4) is 17.0 Å².